The Hall–Kier alpha value is -2.97. The second kappa shape index (κ2) is 5.29. The van der Waals surface area contributed by atoms with E-state index in [1.54, 1.807) is 19.1 Å². The predicted molar refractivity (Wildman–Crippen MR) is 91.5 cm³/mol. The first-order chi connectivity index (χ1) is 11.5. The monoisotopic (exact) mass is 320 g/mol. The Labute approximate surface area is 136 Å². The summed E-state index contributed by atoms with van der Waals surface area (Å²) >= 11 is 0. The van der Waals surface area contributed by atoms with Gasteiger partial charge in [-0.15, -0.1) is 0 Å². The molecule has 2 aromatic carbocycles. The lowest BCUT2D eigenvalue weighted by Gasteiger charge is -2.08. The average molecular weight is 320 g/mol. The first kappa shape index (κ1) is 14.6. The highest BCUT2D eigenvalue weighted by atomic mass is 16.4. The van der Waals surface area contributed by atoms with Crippen LogP contribution in [0.25, 0.3) is 33.1 Å². The van der Waals surface area contributed by atoms with Gasteiger partial charge in [0.2, 0.25) is 0 Å². The molecule has 2 aromatic heterocycles. The molecule has 8 heteroatoms. The lowest BCUT2D eigenvalue weighted by Crippen LogP contribution is -2.29. The third kappa shape index (κ3) is 2.29. The lowest BCUT2D eigenvalue weighted by atomic mass is 9.78. The topological polar surface area (TPSA) is 118 Å². The van der Waals surface area contributed by atoms with E-state index in [0.29, 0.717) is 33.7 Å². The number of rotatable bonds is 2. The van der Waals surface area contributed by atoms with E-state index < -0.39 is 7.12 Å². The van der Waals surface area contributed by atoms with Gasteiger partial charge in [0.15, 0.2) is 11.5 Å². The highest BCUT2D eigenvalue weighted by molar-refractivity contribution is 6.59. The number of fused-ring (bicyclic) bond motifs is 2. The standard InChI is InChI=1S/C16H13BN4O3/c1-8-20-16-12(5-10(17(22)23)6-15(16)24-8)9-2-3-11-13(18)7-19-21-14(11)4-9/h2-7,22-23H,1H3,(H2,18,21). The van der Waals surface area contributed by atoms with Crippen LogP contribution in [-0.2, 0) is 0 Å². The van der Waals surface area contributed by atoms with Gasteiger partial charge in [-0.25, -0.2) is 4.98 Å². The Morgan fingerprint density at radius 3 is 2.79 bits per heavy atom. The van der Waals surface area contributed by atoms with Crippen LogP contribution in [0.15, 0.2) is 40.9 Å². The summed E-state index contributed by atoms with van der Waals surface area (Å²) in [7, 11) is -1.60. The highest BCUT2D eigenvalue weighted by Gasteiger charge is 2.18. The minimum Gasteiger partial charge on any atom is -0.441 e. The number of nitrogens with zero attached hydrogens (tertiary/aromatic N) is 3. The number of aromatic nitrogens is 3. The van der Waals surface area contributed by atoms with Gasteiger partial charge < -0.3 is 20.2 Å². The summed E-state index contributed by atoms with van der Waals surface area (Å²) in [5, 5.41) is 27.8. The summed E-state index contributed by atoms with van der Waals surface area (Å²) in [6.45, 7) is 1.74. The summed E-state index contributed by atoms with van der Waals surface area (Å²) in [6, 6.07) is 8.82. The Morgan fingerprint density at radius 1 is 1.17 bits per heavy atom. The van der Waals surface area contributed by atoms with E-state index in [-0.39, 0.29) is 0 Å². The van der Waals surface area contributed by atoms with Crippen molar-refractivity contribution < 1.29 is 14.5 Å². The van der Waals surface area contributed by atoms with Crippen molar-refractivity contribution in [2.24, 2.45) is 0 Å². The molecule has 7 nitrogen and oxygen atoms in total. The normalized spacial score (nSPS) is 11.3. The van der Waals surface area contributed by atoms with Gasteiger partial charge in [0, 0.05) is 17.9 Å². The molecule has 0 unspecified atom stereocenters. The van der Waals surface area contributed by atoms with Crippen molar-refractivity contribution in [1.82, 2.24) is 15.2 Å². The molecule has 0 spiro atoms. The van der Waals surface area contributed by atoms with Crippen LogP contribution in [-0.4, -0.2) is 32.3 Å². The smallest absolute Gasteiger partial charge is 0.441 e. The maximum Gasteiger partial charge on any atom is 0.488 e. The van der Waals surface area contributed by atoms with Crippen molar-refractivity contribution >= 4 is 40.3 Å². The third-order valence-corrected chi connectivity index (χ3v) is 3.90. The zero-order valence-electron chi connectivity index (χ0n) is 12.8. The van der Waals surface area contributed by atoms with Crippen LogP contribution < -0.4 is 11.2 Å². The van der Waals surface area contributed by atoms with E-state index in [0.717, 1.165) is 16.5 Å². The van der Waals surface area contributed by atoms with E-state index >= 15 is 0 Å². The summed E-state index contributed by atoms with van der Waals surface area (Å²) in [4.78, 5) is 4.40. The molecule has 0 aliphatic rings. The average Bonchev–Trinajstić information content (AvgIpc) is 2.93. The molecule has 118 valence electrons. The Balaban J connectivity index is 2.01. The third-order valence-electron chi connectivity index (χ3n) is 3.90. The van der Waals surface area contributed by atoms with E-state index in [4.69, 9.17) is 10.2 Å². The van der Waals surface area contributed by atoms with Crippen LogP contribution in [0.1, 0.15) is 5.89 Å². The second-order valence-electron chi connectivity index (χ2n) is 5.55. The zero-order valence-corrected chi connectivity index (χ0v) is 12.8. The van der Waals surface area contributed by atoms with Crippen molar-refractivity contribution in [3.63, 3.8) is 0 Å². The summed E-state index contributed by atoms with van der Waals surface area (Å²) in [5.41, 5.74) is 10.1. The van der Waals surface area contributed by atoms with Crippen molar-refractivity contribution in [1.29, 1.82) is 0 Å². The minimum absolute atomic E-state index is 0.326. The fourth-order valence-electron chi connectivity index (χ4n) is 2.78. The van der Waals surface area contributed by atoms with Gasteiger partial charge in [-0.2, -0.15) is 10.2 Å². The van der Waals surface area contributed by atoms with Crippen LogP contribution in [0.2, 0.25) is 0 Å². The molecular weight excluding hydrogens is 307 g/mol. The van der Waals surface area contributed by atoms with Gasteiger partial charge in [-0.1, -0.05) is 12.1 Å². The van der Waals surface area contributed by atoms with Crippen molar-refractivity contribution in [2.45, 2.75) is 6.92 Å². The molecule has 0 atom stereocenters. The molecule has 0 bridgehead atoms. The lowest BCUT2D eigenvalue weighted by molar-refractivity contribution is 0.425. The Bertz CT molecular complexity index is 1080. The van der Waals surface area contributed by atoms with Crippen LogP contribution in [0.3, 0.4) is 0 Å². The van der Waals surface area contributed by atoms with E-state index in [1.165, 1.54) is 6.20 Å². The minimum atomic E-state index is -1.60. The quantitative estimate of drug-likeness (QED) is 0.472. The number of nitrogen functional groups attached to an aromatic ring is 1. The molecule has 0 fully saturated rings. The number of nitrogens with two attached hydrogens (primary N) is 1. The second-order valence-corrected chi connectivity index (χ2v) is 5.55. The number of oxazole rings is 1. The van der Waals surface area contributed by atoms with E-state index in [9.17, 15) is 10.0 Å². The van der Waals surface area contributed by atoms with Crippen molar-refractivity contribution in [3.8, 4) is 11.1 Å². The van der Waals surface area contributed by atoms with Gasteiger partial charge >= 0.3 is 7.12 Å². The zero-order chi connectivity index (χ0) is 16.8. The molecule has 4 rings (SSSR count). The summed E-state index contributed by atoms with van der Waals surface area (Å²) in [6.07, 6.45) is 1.50. The number of hydrogen-bond donors (Lipinski definition) is 3. The predicted octanol–water partition coefficient (Wildman–Crippen LogP) is 1.01. The van der Waals surface area contributed by atoms with Crippen LogP contribution in [0.4, 0.5) is 5.69 Å². The van der Waals surface area contributed by atoms with E-state index in [1.807, 2.05) is 18.2 Å². The molecule has 0 amide bonds. The Morgan fingerprint density at radius 2 is 2.00 bits per heavy atom. The molecule has 4 N–H and O–H groups in total. The van der Waals surface area contributed by atoms with Gasteiger partial charge in [0.05, 0.1) is 17.4 Å². The maximum atomic E-state index is 9.52. The molecule has 24 heavy (non-hydrogen) atoms. The van der Waals surface area contributed by atoms with Crippen molar-refractivity contribution in [2.75, 3.05) is 5.73 Å². The molecule has 2 heterocycles. The fourth-order valence-corrected chi connectivity index (χ4v) is 2.78. The molecule has 0 saturated carbocycles. The molecule has 0 aliphatic heterocycles. The number of aryl methyl sites for hydroxylation is 1. The van der Waals surface area contributed by atoms with E-state index in [2.05, 4.69) is 15.2 Å². The van der Waals surface area contributed by atoms with Gasteiger partial charge in [0.25, 0.3) is 0 Å². The largest absolute Gasteiger partial charge is 0.488 e. The number of anilines is 1. The summed E-state index contributed by atoms with van der Waals surface area (Å²) < 4.78 is 5.55. The first-order valence-corrected chi connectivity index (χ1v) is 7.31. The molecule has 0 radical (unpaired) electrons. The SMILES string of the molecule is Cc1nc2c(-c3ccc4c(N)cnnc4c3)cc(B(O)O)cc2o1. The van der Waals surface area contributed by atoms with Crippen molar-refractivity contribution in [3.05, 3.63) is 42.4 Å². The van der Waals surface area contributed by atoms with Crippen LogP contribution >= 0.6 is 0 Å². The molecule has 4 aromatic rings. The van der Waals surface area contributed by atoms with Crippen LogP contribution in [0.5, 0.6) is 0 Å². The van der Waals surface area contributed by atoms with Gasteiger partial charge in [-0.3, -0.25) is 0 Å². The summed E-state index contributed by atoms with van der Waals surface area (Å²) in [5.74, 6) is 0.501. The number of hydrogen-bond acceptors (Lipinski definition) is 7. The first-order valence-electron chi connectivity index (χ1n) is 7.31. The fraction of sp³-hybridized carbons (Fsp3) is 0.0625. The van der Waals surface area contributed by atoms with Crippen LogP contribution in [0, 0.1) is 6.92 Å². The highest BCUT2D eigenvalue weighted by Crippen LogP contribution is 2.30. The maximum absolute atomic E-state index is 9.52. The molecule has 0 aliphatic carbocycles. The Kier molecular flexibility index (Phi) is 3.22. The molecule has 0 saturated heterocycles. The molecular formula is C16H13BN4O3. The van der Waals surface area contributed by atoms with Gasteiger partial charge in [-0.05, 0) is 29.2 Å². The van der Waals surface area contributed by atoms with Gasteiger partial charge in [0.1, 0.15) is 5.52 Å². The number of benzene rings is 2.